The van der Waals surface area contributed by atoms with Gasteiger partial charge in [0.05, 0.1) is 5.52 Å². The first-order valence-corrected chi connectivity index (χ1v) is 5.62. The van der Waals surface area contributed by atoms with Crippen molar-refractivity contribution in [1.82, 2.24) is 9.97 Å². The van der Waals surface area contributed by atoms with Crippen molar-refractivity contribution in [3.8, 4) is 0 Å². The quantitative estimate of drug-likeness (QED) is 0.716. The monoisotopic (exact) mass is 223 g/mol. The minimum absolute atomic E-state index is 0.829. The highest BCUT2D eigenvalue weighted by atomic mass is 14.9. The molecule has 3 heteroatoms. The molecular formula is C14H13N3. The Morgan fingerprint density at radius 3 is 3.06 bits per heavy atom. The van der Waals surface area contributed by atoms with E-state index in [1.807, 2.05) is 30.7 Å². The van der Waals surface area contributed by atoms with Gasteiger partial charge in [-0.15, -0.1) is 0 Å². The van der Waals surface area contributed by atoms with Crippen molar-refractivity contribution in [3.63, 3.8) is 0 Å². The van der Waals surface area contributed by atoms with Crippen molar-refractivity contribution in [2.45, 2.75) is 6.54 Å². The van der Waals surface area contributed by atoms with E-state index in [2.05, 4.69) is 39.6 Å². The van der Waals surface area contributed by atoms with Crippen LogP contribution in [0.3, 0.4) is 0 Å². The molecule has 0 aliphatic rings. The van der Waals surface area contributed by atoms with Crippen LogP contribution in [0.4, 0.5) is 5.69 Å². The van der Waals surface area contributed by atoms with Crippen LogP contribution in [-0.2, 0) is 6.54 Å². The largest absolute Gasteiger partial charge is 0.381 e. The number of pyridine rings is 1. The summed E-state index contributed by atoms with van der Waals surface area (Å²) in [6, 6.07) is 12.3. The Morgan fingerprint density at radius 1 is 1.18 bits per heavy atom. The van der Waals surface area contributed by atoms with Crippen LogP contribution in [0.5, 0.6) is 0 Å². The van der Waals surface area contributed by atoms with Crippen LogP contribution in [0.2, 0.25) is 0 Å². The molecule has 1 aromatic carbocycles. The zero-order valence-corrected chi connectivity index (χ0v) is 9.35. The second kappa shape index (κ2) is 4.29. The van der Waals surface area contributed by atoms with Crippen LogP contribution in [0.1, 0.15) is 5.56 Å². The SMILES string of the molecule is c1cnc2ccc(NCc3cc[nH]c3)cc2c1. The standard InChI is InChI=1S/C14H13N3/c1-2-12-8-13(3-4-14(12)16-6-1)17-10-11-5-7-15-9-11/h1-9,15,17H,10H2. The molecule has 0 aliphatic heterocycles. The van der Waals surface area contributed by atoms with Crippen LogP contribution in [0.15, 0.2) is 55.0 Å². The van der Waals surface area contributed by atoms with Gasteiger partial charge in [-0.3, -0.25) is 4.98 Å². The summed E-state index contributed by atoms with van der Waals surface area (Å²) in [5, 5.41) is 4.55. The first kappa shape index (κ1) is 9.90. The number of fused-ring (bicyclic) bond motifs is 1. The second-order valence-corrected chi connectivity index (χ2v) is 3.98. The van der Waals surface area contributed by atoms with E-state index >= 15 is 0 Å². The summed E-state index contributed by atoms with van der Waals surface area (Å²) in [6.07, 6.45) is 5.74. The fourth-order valence-corrected chi connectivity index (χ4v) is 1.86. The summed E-state index contributed by atoms with van der Waals surface area (Å²) in [5.74, 6) is 0. The molecule has 2 heterocycles. The molecule has 0 spiro atoms. The van der Waals surface area contributed by atoms with Gasteiger partial charge in [0.15, 0.2) is 0 Å². The van der Waals surface area contributed by atoms with Gasteiger partial charge in [-0.2, -0.15) is 0 Å². The van der Waals surface area contributed by atoms with Crippen LogP contribution >= 0.6 is 0 Å². The lowest BCUT2D eigenvalue weighted by molar-refractivity contribution is 1.15. The van der Waals surface area contributed by atoms with E-state index in [-0.39, 0.29) is 0 Å². The topological polar surface area (TPSA) is 40.7 Å². The lowest BCUT2D eigenvalue weighted by atomic mass is 10.2. The van der Waals surface area contributed by atoms with E-state index in [9.17, 15) is 0 Å². The van der Waals surface area contributed by atoms with E-state index in [1.54, 1.807) is 0 Å². The summed E-state index contributed by atoms with van der Waals surface area (Å²) in [4.78, 5) is 7.35. The summed E-state index contributed by atoms with van der Waals surface area (Å²) < 4.78 is 0. The van der Waals surface area contributed by atoms with Crippen molar-refractivity contribution in [2.75, 3.05) is 5.32 Å². The van der Waals surface area contributed by atoms with Crippen LogP contribution in [0.25, 0.3) is 10.9 Å². The van der Waals surface area contributed by atoms with Gasteiger partial charge >= 0.3 is 0 Å². The molecule has 0 radical (unpaired) electrons. The Kier molecular flexibility index (Phi) is 2.50. The van der Waals surface area contributed by atoms with Crippen LogP contribution in [0, 0.1) is 0 Å². The molecule has 2 N–H and O–H groups in total. The Labute approximate surface area is 99.5 Å². The fraction of sp³-hybridized carbons (Fsp3) is 0.0714. The highest BCUT2D eigenvalue weighted by molar-refractivity contribution is 5.82. The summed E-state index contributed by atoms with van der Waals surface area (Å²) in [6.45, 7) is 0.829. The molecule has 3 rings (SSSR count). The van der Waals surface area contributed by atoms with E-state index in [4.69, 9.17) is 0 Å². The van der Waals surface area contributed by atoms with Crippen LogP contribution < -0.4 is 5.32 Å². The number of hydrogen-bond donors (Lipinski definition) is 2. The number of aromatic nitrogens is 2. The van der Waals surface area contributed by atoms with E-state index in [1.165, 1.54) is 5.56 Å². The third kappa shape index (κ3) is 2.13. The predicted octanol–water partition coefficient (Wildman–Crippen LogP) is 3.18. The molecule has 0 fully saturated rings. The maximum atomic E-state index is 4.30. The Morgan fingerprint density at radius 2 is 2.18 bits per heavy atom. The van der Waals surface area contributed by atoms with Gasteiger partial charge in [-0.05, 0) is 35.9 Å². The minimum Gasteiger partial charge on any atom is -0.381 e. The van der Waals surface area contributed by atoms with Crippen molar-refractivity contribution in [3.05, 3.63) is 60.6 Å². The molecule has 0 aliphatic carbocycles. The maximum Gasteiger partial charge on any atom is 0.0703 e. The van der Waals surface area contributed by atoms with E-state index in [0.717, 1.165) is 23.1 Å². The molecule has 2 aromatic heterocycles. The van der Waals surface area contributed by atoms with Gasteiger partial charge in [0.25, 0.3) is 0 Å². The average molecular weight is 223 g/mol. The molecule has 0 unspecified atom stereocenters. The van der Waals surface area contributed by atoms with Crippen molar-refractivity contribution < 1.29 is 0 Å². The smallest absolute Gasteiger partial charge is 0.0703 e. The van der Waals surface area contributed by atoms with E-state index < -0.39 is 0 Å². The Bertz CT molecular complexity index is 614. The lowest BCUT2D eigenvalue weighted by Crippen LogP contribution is -1.97. The van der Waals surface area contributed by atoms with Gasteiger partial charge in [-0.25, -0.2) is 0 Å². The molecule has 0 saturated carbocycles. The summed E-state index contributed by atoms with van der Waals surface area (Å²) in [7, 11) is 0. The number of nitrogens with zero attached hydrogens (tertiary/aromatic N) is 1. The summed E-state index contributed by atoms with van der Waals surface area (Å²) in [5.41, 5.74) is 3.39. The summed E-state index contributed by atoms with van der Waals surface area (Å²) >= 11 is 0. The minimum atomic E-state index is 0.829. The van der Waals surface area contributed by atoms with Crippen molar-refractivity contribution in [1.29, 1.82) is 0 Å². The maximum absolute atomic E-state index is 4.30. The normalized spacial score (nSPS) is 10.6. The van der Waals surface area contributed by atoms with Gasteiger partial charge in [0, 0.05) is 36.2 Å². The number of aromatic amines is 1. The first-order chi connectivity index (χ1) is 8.42. The van der Waals surface area contributed by atoms with Gasteiger partial charge in [0.1, 0.15) is 0 Å². The zero-order chi connectivity index (χ0) is 11.5. The highest BCUT2D eigenvalue weighted by Gasteiger charge is 1.97. The number of H-pyrrole nitrogens is 1. The number of hydrogen-bond acceptors (Lipinski definition) is 2. The number of rotatable bonds is 3. The average Bonchev–Trinajstić information content (AvgIpc) is 2.89. The molecule has 0 amide bonds. The molecule has 0 bridgehead atoms. The van der Waals surface area contributed by atoms with Crippen molar-refractivity contribution >= 4 is 16.6 Å². The zero-order valence-electron chi connectivity index (χ0n) is 9.35. The third-order valence-electron chi connectivity index (χ3n) is 2.76. The second-order valence-electron chi connectivity index (χ2n) is 3.98. The third-order valence-corrected chi connectivity index (χ3v) is 2.76. The molecule has 17 heavy (non-hydrogen) atoms. The number of nitrogens with one attached hydrogen (secondary N) is 2. The fourth-order valence-electron chi connectivity index (χ4n) is 1.86. The van der Waals surface area contributed by atoms with Gasteiger partial charge in [0.2, 0.25) is 0 Å². The number of benzene rings is 1. The van der Waals surface area contributed by atoms with Gasteiger partial charge < -0.3 is 10.3 Å². The molecule has 3 aromatic rings. The Hall–Kier alpha value is -2.29. The molecule has 0 saturated heterocycles. The lowest BCUT2D eigenvalue weighted by Gasteiger charge is -2.06. The van der Waals surface area contributed by atoms with E-state index in [0.29, 0.717) is 0 Å². The predicted molar refractivity (Wildman–Crippen MR) is 69.9 cm³/mol. The van der Waals surface area contributed by atoms with Crippen LogP contribution in [-0.4, -0.2) is 9.97 Å². The molecule has 0 atom stereocenters. The molecule has 84 valence electrons. The number of anilines is 1. The Balaban J connectivity index is 1.81. The van der Waals surface area contributed by atoms with Gasteiger partial charge in [-0.1, -0.05) is 6.07 Å². The molecular weight excluding hydrogens is 210 g/mol. The molecule has 3 nitrogen and oxygen atoms in total. The highest BCUT2D eigenvalue weighted by Crippen LogP contribution is 2.17. The van der Waals surface area contributed by atoms with Crippen molar-refractivity contribution in [2.24, 2.45) is 0 Å². The first-order valence-electron chi connectivity index (χ1n) is 5.62.